The van der Waals surface area contributed by atoms with Gasteiger partial charge in [-0.15, -0.1) is 11.6 Å². The van der Waals surface area contributed by atoms with Gasteiger partial charge in [0, 0.05) is 5.56 Å². The number of halogens is 2. The van der Waals surface area contributed by atoms with Gasteiger partial charge in [-0.05, 0) is 39.0 Å². The van der Waals surface area contributed by atoms with E-state index >= 15 is 0 Å². The Morgan fingerprint density at radius 3 is 2.38 bits per heavy atom. The van der Waals surface area contributed by atoms with Gasteiger partial charge in [-0.1, -0.05) is 11.6 Å². The molecule has 0 N–H and O–H groups in total. The minimum Gasteiger partial charge on any atom is -0.491 e. The zero-order chi connectivity index (χ0) is 12.3. The maximum Gasteiger partial charge on any atom is 0.181 e. The van der Waals surface area contributed by atoms with Crippen molar-refractivity contribution in [3.63, 3.8) is 0 Å². The first-order chi connectivity index (χ1) is 7.41. The van der Waals surface area contributed by atoms with E-state index in [4.69, 9.17) is 27.9 Å². The van der Waals surface area contributed by atoms with Crippen LogP contribution in [-0.2, 0) is 0 Å². The van der Waals surface area contributed by atoms with Crippen molar-refractivity contribution in [1.82, 2.24) is 0 Å². The number of Topliss-reactive ketones (excluding diaryl/α,β-unsaturated/α-hetero) is 1. The van der Waals surface area contributed by atoms with E-state index in [2.05, 4.69) is 0 Å². The third-order valence-electron chi connectivity index (χ3n) is 1.94. The predicted octanol–water partition coefficient (Wildman–Crippen LogP) is 3.94. The monoisotopic (exact) mass is 260 g/mol. The summed E-state index contributed by atoms with van der Waals surface area (Å²) in [6, 6.07) is 4.99. The number of ketones is 1. The summed E-state index contributed by atoms with van der Waals surface area (Å²) in [6.45, 7) is 5.47. The number of benzene rings is 1. The summed E-state index contributed by atoms with van der Waals surface area (Å²) in [7, 11) is 0. The van der Waals surface area contributed by atoms with E-state index < -0.39 is 5.38 Å². The summed E-state index contributed by atoms with van der Waals surface area (Å²) < 4.78 is 5.46. The Balaban J connectivity index is 2.96. The average Bonchev–Trinajstić information content (AvgIpc) is 2.15. The average molecular weight is 261 g/mol. The van der Waals surface area contributed by atoms with E-state index in [-0.39, 0.29) is 11.9 Å². The molecule has 2 nitrogen and oxygen atoms in total. The Bertz CT molecular complexity index is 387. The van der Waals surface area contributed by atoms with E-state index in [1.165, 1.54) is 0 Å². The first kappa shape index (κ1) is 13.3. The van der Waals surface area contributed by atoms with Crippen LogP contribution in [0.3, 0.4) is 0 Å². The molecule has 1 aromatic rings. The topological polar surface area (TPSA) is 26.3 Å². The molecule has 16 heavy (non-hydrogen) atoms. The summed E-state index contributed by atoms with van der Waals surface area (Å²) in [5.41, 5.74) is 0.431. The molecule has 1 unspecified atom stereocenters. The Morgan fingerprint density at radius 2 is 1.94 bits per heavy atom. The van der Waals surface area contributed by atoms with Crippen molar-refractivity contribution in [2.24, 2.45) is 0 Å². The Hall–Kier alpha value is -0.730. The fourth-order valence-corrected chi connectivity index (χ4v) is 1.64. The van der Waals surface area contributed by atoms with Crippen LogP contribution in [0.2, 0.25) is 5.02 Å². The molecule has 1 rings (SSSR count). The molecular formula is C12H14Cl2O2. The van der Waals surface area contributed by atoms with Gasteiger partial charge in [-0.2, -0.15) is 0 Å². The highest BCUT2D eigenvalue weighted by atomic mass is 35.5. The van der Waals surface area contributed by atoms with Crippen molar-refractivity contribution in [3.8, 4) is 5.75 Å². The molecule has 0 aromatic heterocycles. The summed E-state index contributed by atoms with van der Waals surface area (Å²) in [5.74, 6) is 0.474. The maximum atomic E-state index is 11.6. The lowest BCUT2D eigenvalue weighted by atomic mass is 10.1. The van der Waals surface area contributed by atoms with Crippen molar-refractivity contribution in [3.05, 3.63) is 28.8 Å². The van der Waals surface area contributed by atoms with Crippen LogP contribution in [0.25, 0.3) is 0 Å². The van der Waals surface area contributed by atoms with Gasteiger partial charge >= 0.3 is 0 Å². The van der Waals surface area contributed by atoms with Crippen molar-refractivity contribution in [2.75, 3.05) is 0 Å². The van der Waals surface area contributed by atoms with Gasteiger partial charge in [-0.25, -0.2) is 0 Å². The normalized spacial score (nSPS) is 12.6. The minimum atomic E-state index is -0.575. The van der Waals surface area contributed by atoms with Crippen LogP contribution in [0.5, 0.6) is 5.75 Å². The molecule has 0 aliphatic carbocycles. The molecule has 88 valence electrons. The number of alkyl halides is 1. The van der Waals surface area contributed by atoms with Gasteiger partial charge < -0.3 is 4.74 Å². The maximum absolute atomic E-state index is 11.6. The highest BCUT2D eigenvalue weighted by molar-refractivity contribution is 6.38. The molecule has 0 fully saturated rings. The van der Waals surface area contributed by atoms with Gasteiger partial charge in [0.2, 0.25) is 0 Å². The summed E-state index contributed by atoms with van der Waals surface area (Å²) in [6.07, 6.45) is 0.0737. The van der Waals surface area contributed by atoms with Gasteiger partial charge in [-0.3, -0.25) is 4.79 Å². The molecule has 0 radical (unpaired) electrons. The molecule has 0 saturated carbocycles. The fraction of sp³-hybridized carbons (Fsp3) is 0.417. The van der Waals surface area contributed by atoms with E-state index in [1.54, 1.807) is 25.1 Å². The van der Waals surface area contributed by atoms with E-state index in [0.717, 1.165) is 0 Å². The lowest BCUT2D eigenvalue weighted by Gasteiger charge is -2.11. The smallest absolute Gasteiger partial charge is 0.181 e. The van der Waals surface area contributed by atoms with Crippen molar-refractivity contribution >= 4 is 29.0 Å². The minimum absolute atomic E-state index is 0.0737. The number of carbonyl (C=O) groups excluding carboxylic acids is 1. The molecule has 0 bridgehead atoms. The predicted molar refractivity (Wildman–Crippen MR) is 66.9 cm³/mol. The highest BCUT2D eigenvalue weighted by Crippen LogP contribution is 2.25. The second-order valence-corrected chi connectivity index (χ2v) is 4.85. The standard InChI is InChI=1S/C12H14Cl2O2/c1-7(2)16-9-4-5-10(11(14)6-9)12(15)8(3)13/h4-8H,1-3H3. The van der Waals surface area contributed by atoms with Crippen LogP contribution < -0.4 is 4.74 Å². The third kappa shape index (κ3) is 3.39. The van der Waals surface area contributed by atoms with Crippen molar-refractivity contribution in [1.29, 1.82) is 0 Å². The molecule has 0 aliphatic heterocycles. The second-order valence-electron chi connectivity index (χ2n) is 3.79. The Morgan fingerprint density at radius 1 is 1.31 bits per heavy atom. The molecule has 1 atom stereocenters. The molecule has 1 aromatic carbocycles. The molecule has 0 saturated heterocycles. The van der Waals surface area contributed by atoms with Crippen LogP contribution in [0.15, 0.2) is 18.2 Å². The molecule has 0 heterocycles. The van der Waals surface area contributed by atoms with Crippen molar-refractivity contribution < 1.29 is 9.53 Å². The largest absolute Gasteiger partial charge is 0.491 e. The van der Waals surface area contributed by atoms with Crippen molar-refractivity contribution in [2.45, 2.75) is 32.3 Å². The summed E-state index contributed by atoms with van der Waals surface area (Å²) >= 11 is 11.7. The number of hydrogen-bond acceptors (Lipinski definition) is 2. The summed E-state index contributed by atoms with van der Waals surface area (Å²) in [5, 5.41) is -0.204. The number of ether oxygens (including phenoxy) is 1. The van der Waals surface area contributed by atoms with Crippen LogP contribution in [0.4, 0.5) is 0 Å². The van der Waals surface area contributed by atoms with Gasteiger partial charge in [0.15, 0.2) is 5.78 Å². The number of hydrogen-bond donors (Lipinski definition) is 0. The molecule has 0 amide bonds. The quantitative estimate of drug-likeness (QED) is 0.606. The summed E-state index contributed by atoms with van der Waals surface area (Å²) in [4.78, 5) is 11.6. The van der Waals surface area contributed by atoms with Crippen LogP contribution in [0.1, 0.15) is 31.1 Å². The molecule has 4 heteroatoms. The van der Waals surface area contributed by atoms with Gasteiger partial charge in [0.1, 0.15) is 5.75 Å². The molecule has 0 spiro atoms. The molecule has 0 aliphatic rings. The first-order valence-corrected chi connectivity index (χ1v) is 5.87. The van der Waals surface area contributed by atoms with Crippen LogP contribution in [0, 0.1) is 0 Å². The van der Waals surface area contributed by atoms with E-state index in [9.17, 15) is 4.79 Å². The lowest BCUT2D eigenvalue weighted by molar-refractivity contribution is 0.0992. The van der Waals surface area contributed by atoms with Crippen LogP contribution >= 0.6 is 23.2 Å². The first-order valence-electron chi connectivity index (χ1n) is 5.06. The second kappa shape index (κ2) is 5.55. The fourth-order valence-electron chi connectivity index (χ4n) is 1.26. The number of carbonyl (C=O) groups is 1. The van der Waals surface area contributed by atoms with E-state index in [0.29, 0.717) is 16.3 Å². The van der Waals surface area contributed by atoms with Gasteiger partial charge in [0.05, 0.1) is 16.5 Å². The van der Waals surface area contributed by atoms with Crippen LogP contribution in [-0.4, -0.2) is 17.3 Å². The Labute approximate surface area is 106 Å². The third-order valence-corrected chi connectivity index (χ3v) is 2.45. The number of rotatable bonds is 4. The van der Waals surface area contributed by atoms with Gasteiger partial charge in [0.25, 0.3) is 0 Å². The molecular weight excluding hydrogens is 247 g/mol. The Kier molecular flexibility index (Phi) is 4.63. The zero-order valence-electron chi connectivity index (χ0n) is 9.46. The zero-order valence-corrected chi connectivity index (χ0v) is 11.0. The SMILES string of the molecule is CC(C)Oc1ccc(C(=O)C(C)Cl)c(Cl)c1. The van der Waals surface area contributed by atoms with E-state index in [1.807, 2.05) is 13.8 Å². The lowest BCUT2D eigenvalue weighted by Crippen LogP contribution is -2.11. The highest BCUT2D eigenvalue weighted by Gasteiger charge is 2.16.